The largest absolute Gasteiger partial charge is 0.391 e. The van der Waals surface area contributed by atoms with Crippen molar-refractivity contribution < 1.29 is 13.5 Å². The number of halogens is 1. The van der Waals surface area contributed by atoms with E-state index >= 15 is 0 Å². The van der Waals surface area contributed by atoms with Gasteiger partial charge in [0.15, 0.2) is 0 Å². The average molecular weight is 340 g/mol. The molecule has 0 aromatic carbocycles. The molecular formula is C13H22ClNO3S2. The molecule has 1 aromatic heterocycles. The molecule has 0 spiro atoms. The lowest BCUT2D eigenvalue weighted by molar-refractivity contribution is 0.0703. The molecule has 0 radical (unpaired) electrons. The van der Waals surface area contributed by atoms with E-state index in [0.29, 0.717) is 4.34 Å². The van der Waals surface area contributed by atoms with Crippen molar-refractivity contribution in [1.29, 1.82) is 0 Å². The third-order valence-electron chi connectivity index (χ3n) is 3.41. The topological polar surface area (TPSA) is 66.4 Å². The molecule has 116 valence electrons. The zero-order chi connectivity index (χ0) is 15.5. The van der Waals surface area contributed by atoms with Gasteiger partial charge in [-0.3, -0.25) is 0 Å². The van der Waals surface area contributed by atoms with Crippen molar-refractivity contribution in [2.24, 2.45) is 11.8 Å². The second kappa shape index (κ2) is 7.22. The van der Waals surface area contributed by atoms with Gasteiger partial charge < -0.3 is 5.11 Å². The fourth-order valence-electron chi connectivity index (χ4n) is 1.87. The van der Waals surface area contributed by atoms with Crippen molar-refractivity contribution in [1.82, 2.24) is 4.72 Å². The van der Waals surface area contributed by atoms with Crippen LogP contribution in [-0.2, 0) is 10.0 Å². The Morgan fingerprint density at radius 1 is 1.35 bits per heavy atom. The van der Waals surface area contributed by atoms with Crippen LogP contribution in [0.2, 0.25) is 4.34 Å². The number of aliphatic hydroxyl groups is 1. The van der Waals surface area contributed by atoms with Crippen LogP contribution in [0.5, 0.6) is 0 Å². The maximum atomic E-state index is 12.3. The van der Waals surface area contributed by atoms with Crippen molar-refractivity contribution in [3.05, 3.63) is 16.5 Å². The van der Waals surface area contributed by atoms with Gasteiger partial charge in [-0.05, 0) is 24.0 Å². The highest BCUT2D eigenvalue weighted by Crippen LogP contribution is 2.27. The highest BCUT2D eigenvalue weighted by Gasteiger charge is 2.31. The lowest BCUT2D eigenvalue weighted by atomic mass is 9.89. The third-order valence-corrected chi connectivity index (χ3v) is 6.59. The maximum absolute atomic E-state index is 12.3. The molecule has 1 rings (SSSR count). The van der Waals surface area contributed by atoms with Gasteiger partial charge in [0.25, 0.3) is 0 Å². The fraction of sp³-hybridized carbons (Fsp3) is 0.692. The van der Waals surface area contributed by atoms with E-state index in [-0.39, 0.29) is 16.0 Å². The van der Waals surface area contributed by atoms with Gasteiger partial charge in [0.05, 0.1) is 16.5 Å². The molecule has 0 saturated carbocycles. The molecule has 20 heavy (non-hydrogen) atoms. The van der Waals surface area contributed by atoms with Crippen LogP contribution in [0, 0.1) is 11.8 Å². The van der Waals surface area contributed by atoms with E-state index in [1.54, 1.807) is 6.07 Å². The second-order valence-electron chi connectivity index (χ2n) is 5.33. The number of rotatable bonds is 7. The van der Waals surface area contributed by atoms with Gasteiger partial charge >= 0.3 is 0 Å². The van der Waals surface area contributed by atoms with Crippen molar-refractivity contribution in [2.75, 3.05) is 0 Å². The van der Waals surface area contributed by atoms with Gasteiger partial charge in [-0.15, -0.1) is 11.3 Å². The molecule has 7 heteroatoms. The minimum absolute atomic E-state index is 0.0244. The molecule has 0 amide bonds. The summed E-state index contributed by atoms with van der Waals surface area (Å²) in [5.74, 6) is 0.0150. The van der Waals surface area contributed by atoms with Crippen LogP contribution in [-0.4, -0.2) is 25.7 Å². The predicted molar refractivity (Wildman–Crippen MR) is 83.7 cm³/mol. The van der Waals surface area contributed by atoms with Gasteiger partial charge in [0.1, 0.15) is 4.21 Å². The third kappa shape index (κ3) is 4.43. The zero-order valence-electron chi connectivity index (χ0n) is 12.1. The number of aliphatic hydroxyl groups excluding tert-OH is 1. The molecule has 0 aliphatic carbocycles. The minimum Gasteiger partial charge on any atom is -0.391 e. The zero-order valence-corrected chi connectivity index (χ0v) is 14.5. The standard InChI is InChI=1S/C13H22ClNO3S2/c1-5-9(4)12(13(16)8(2)3)15-20(17,18)11-7-6-10(14)19-11/h6-9,12-13,15-16H,5H2,1-4H3/t9-,12?,13+/m0/s1. The Morgan fingerprint density at radius 3 is 2.35 bits per heavy atom. The van der Waals surface area contributed by atoms with Gasteiger partial charge in [-0.25, -0.2) is 13.1 Å². The first-order valence-corrected chi connectivity index (χ1v) is 9.32. The summed E-state index contributed by atoms with van der Waals surface area (Å²) in [6.45, 7) is 7.65. The minimum atomic E-state index is -3.65. The Bertz CT molecular complexity index is 527. The maximum Gasteiger partial charge on any atom is 0.250 e. The van der Waals surface area contributed by atoms with Crippen molar-refractivity contribution in [3.63, 3.8) is 0 Å². The van der Waals surface area contributed by atoms with Crippen LogP contribution in [0.15, 0.2) is 16.3 Å². The lowest BCUT2D eigenvalue weighted by Gasteiger charge is -2.30. The summed E-state index contributed by atoms with van der Waals surface area (Å²) in [5.41, 5.74) is 0. The SMILES string of the molecule is CC[C@H](C)C(NS(=O)(=O)c1ccc(Cl)s1)[C@H](O)C(C)C. The summed E-state index contributed by atoms with van der Waals surface area (Å²) in [7, 11) is -3.65. The van der Waals surface area contributed by atoms with E-state index in [0.717, 1.165) is 17.8 Å². The van der Waals surface area contributed by atoms with Crippen LogP contribution in [0.3, 0.4) is 0 Å². The molecular weight excluding hydrogens is 318 g/mol. The highest BCUT2D eigenvalue weighted by molar-refractivity contribution is 7.91. The molecule has 1 unspecified atom stereocenters. The molecule has 1 heterocycles. The first-order chi connectivity index (χ1) is 9.19. The number of hydrogen-bond acceptors (Lipinski definition) is 4. The smallest absolute Gasteiger partial charge is 0.250 e. The fourth-order valence-corrected chi connectivity index (χ4v) is 4.73. The van der Waals surface area contributed by atoms with Crippen LogP contribution < -0.4 is 4.72 Å². The summed E-state index contributed by atoms with van der Waals surface area (Å²) in [5, 5.41) is 10.3. The quantitative estimate of drug-likeness (QED) is 0.802. The van der Waals surface area contributed by atoms with Gasteiger partial charge in [-0.1, -0.05) is 45.7 Å². The normalized spacial score (nSPS) is 17.1. The molecule has 3 atom stereocenters. The van der Waals surface area contributed by atoms with Crippen LogP contribution in [0.25, 0.3) is 0 Å². The van der Waals surface area contributed by atoms with Crippen LogP contribution in [0.4, 0.5) is 0 Å². The van der Waals surface area contributed by atoms with Crippen LogP contribution >= 0.6 is 22.9 Å². The van der Waals surface area contributed by atoms with E-state index in [2.05, 4.69) is 4.72 Å². The van der Waals surface area contributed by atoms with Crippen molar-refractivity contribution in [2.45, 2.75) is 50.5 Å². The van der Waals surface area contributed by atoms with E-state index in [4.69, 9.17) is 11.6 Å². The molecule has 1 aromatic rings. The first-order valence-electron chi connectivity index (χ1n) is 6.64. The Morgan fingerprint density at radius 2 is 1.95 bits per heavy atom. The lowest BCUT2D eigenvalue weighted by Crippen LogP contribution is -2.49. The summed E-state index contributed by atoms with van der Waals surface area (Å²) in [6, 6.07) is 2.52. The van der Waals surface area contributed by atoms with Gasteiger partial charge in [0.2, 0.25) is 10.0 Å². The molecule has 4 nitrogen and oxygen atoms in total. The summed E-state index contributed by atoms with van der Waals surface area (Å²) < 4.78 is 27.9. The van der Waals surface area contributed by atoms with Crippen LogP contribution in [0.1, 0.15) is 34.1 Å². The Hall–Kier alpha value is -0.140. The second-order valence-corrected chi connectivity index (χ2v) is 8.98. The summed E-state index contributed by atoms with van der Waals surface area (Å²) in [6.07, 6.45) is 0.0532. The van der Waals surface area contributed by atoms with Crippen molar-refractivity contribution in [3.8, 4) is 0 Å². The first kappa shape index (κ1) is 17.9. The Labute approximate surface area is 130 Å². The summed E-state index contributed by atoms with van der Waals surface area (Å²) >= 11 is 6.79. The Kier molecular flexibility index (Phi) is 6.47. The molecule has 0 saturated heterocycles. The molecule has 0 bridgehead atoms. The number of hydrogen-bond donors (Lipinski definition) is 2. The molecule has 2 N–H and O–H groups in total. The van der Waals surface area contributed by atoms with Gasteiger partial charge in [0, 0.05) is 0 Å². The van der Waals surface area contributed by atoms with E-state index in [9.17, 15) is 13.5 Å². The Balaban J connectivity index is 3.00. The monoisotopic (exact) mass is 339 g/mol. The average Bonchev–Trinajstić information content (AvgIpc) is 2.81. The number of sulfonamides is 1. The van der Waals surface area contributed by atoms with Gasteiger partial charge in [-0.2, -0.15) is 0 Å². The molecule has 0 aliphatic heterocycles. The van der Waals surface area contributed by atoms with E-state index < -0.39 is 22.2 Å². The van der Waals surface area contributed by atoms with E-state index in [1.165, 1.54) is 6.07 Å². The number of thiophene rings is 1. The number of nitrogens with one attached hydrogen (secondary N) is 1. The highest BCUT2D eigenvalue weighted by atomic mass is 35.5. The predicted octanol–water partition coefficient (Wildman–Crippen LogP) is 3.11. The van der Waals surface area contributed by atoms with E-state index in [1.807, 2.05) is 27.7 Å². The summed E-state index contributed by atoms with van der Waals surface area (Å²) in [4.78, 5) is 0. The molecule has 0 fully saturated rings. The van der Waals surface area contributed by atoms with Crippen molar-refractivity contribution >= 4 is 33.0 Å². The molecule has 0 aliphatic rings.